The van der Waals surface area contributed by atoms with Crippen LogP contribution in [0.3, 0.4) is 0 Å². The molecule has 1 aliphatic carbocycles. The molecule has 0 saturated carbocycles. The second kappa shape index (κ2) is 28.0. The molecule has 1 aliphatic rings. The van der Waals surface area contributed by atoms with E-state index in [9.17, 15) is 0 Å². The van der Waals surface area contributed by atoms with Crippen molar-refractivity contribution in [2.24, 2.45) is 5.92 Å². The van der Waals surface area contributed by atoms with Crippen molar-refractivity contribution in [2.75, 3.05) is 9.80 Å². The van der Waals surface area contributed by atoms with Crippen molar-refractivity contribution in [3.63, 3.8) is 0 Å². The molecule has 7 rings (SSSR count). The van der Waals surface area contributed by atoms with Crippen LogP contribution in [-0.2, 0) is 10.8 Å². The molecule has 0 aromatic heterocycles. The second-order valence-electron chi connectivity index (χ2n) is 23.8. The van der Waals surface area contributed by atoms with Gasteiger partial charge in [0.2, 0.25) is 0 Å². The summed E-state index contributed by atoms with van der Waals surface area (Å²) in [5.74, 6) is 2.23. The summed E-state index contributed by atoms with van der Waals surface area (Å²) in [6.07, 6.45) is 24.8. The van der Waals surface area contributed by atoms with Crippen LogP contribution in [0.2, 0.25) is 0 Å². The third-order valence-corrected chi connectivity index (χ3v) is 19.2. The van der Waals surface area contributed by atoms with Crippen molar-refractivity contribution in [3.05, 3.63) is 167 Å². The Labute approximate surface area is 465 Å². The summed E-state index contributed by atoms with van der Waals surface area (Å²) >= 11 is 0. The molecule has 0 spiro atoms. The van der Waals surface area contributed by atoms with Crippen LogP contribution in [0.4, 0.5) is 34.1 Å². The molecule has 2 nitrogen and oxygen atoms in total. The van der Waals surface area contributed by atoms with E-state index < -0.39 is 0 Å². The van der Waals surface area contributed by atoms with Crippen LogP contribution in [0.25, 0.3) is 11.1 Å². The maximum absolute atomic E-state index is 2.67. The molecule has 2 heteroatoms. The number of fused-ring (bicyclic) bond motifs is 3. The van der Waals surface area contributed by atoms with Crippen LogP contribution in [0.1, 0.15) is 263 Å². The Kier molecular flexibility index (Phi) is 21.6. The average molecular weight is 1020 g/mol. The van der Waals surface area contributed by atoms with E-state index in [-0.39, 0.29) is 10.8 Å². The highest BCUT2D eigenvalue weighted by atomic mass is 15.1. The number of anilines is 6. The summed E-state index contributed by atoms with van der Waals surface area (Å²) < 4.78 is 0. The second-order valence-corrected chi connectivity index (χ2v) is 23.8. The van der Waals surface area contributed by atoms with Crippen LogP contribution < -0.4 is 9.80 Å². The van der Waals surface area contributed by atoms with Crippen LogP contribution >= 0.6 is 0 Å². The number of benzene rings is 6. The molecule has 0 bridgehead atoms. The van der Waals surface area contributed by atoms with Crippen LogP contribution in [0.5, 0.6) is 0 Å². The molecule has 4 atom stereocenters. The normalized spacial score (nSPS) is 14.8. The van der Waals surface area contributed by atoms with E-state index in [2.05, 4.69) is 226 Å². The maximum atomic E-state index is 2.67. The molecule has 0 heterocycles. The molecule has 0 radical (unpaired) electrons. The van der Waals surface area contributed by atoms with Gasteiger partial charge in [0.15, 0.2) is 0 Å². The molecule has 0 aliphatic heterocycles. The molecule has 0 amide bonds. The smallest absolute Gasteiger partial charge is 0.0465 e. The third kappa shape index (κ3) is 13.1. The van der Waals surface area contributed by atoms with Crippen molar-refractivity contribution >= 4 is 34.1 Å². The highest BCUT2D eigenvalue weighted by Gasteiger charge is 2.43. The number of nitrogens with zero attached hydrogens (tertiary/aromatic N) is 2. The average Bonchev–Trinajstić information content (AvgIpc) is 3.73. The van der Waals surface area contributed by atoms with Crippen molar-refractivity contribution in [3.8, 4) is 11.1 Å². The van der Waals surface area contributed by atoms with E-state index >= 15 is 0 Å². The standard InChI is InChI=1S/C74H102N2/c1-13-21-23-25-27-29-51-74(52-30-28-26-24-22-14-2)71-53-67(75(63-39-31-58(32-40-63)55(9)15-3)64-41-33-59(34-42-64)56(10)16-4)47-49-69(71)70-50-48-68(54-72(70)74)76(65-43-35-60(36-44-65)57(11)17-5)66-45-37-62(38-46-66)73(12,20-8)61(18-6)19-7/h31-50,53-57,61H,13-30,51-52H2,1-12H3. The summed E-state index contributed by atoms with van der Waals surface area (Å²) in [7, 11) is 0. The number of rotatable bonds is 31. The monoisotopic (exact) mass is 1020 g/mol. The fourth-order valence-electron chi connectivity index (χ4n) is 13.2. The van der Waals surface area contributed by atoms with Crippen LogP contribution in [0, 0.1) is 5.92 Å². The Hall–Kier alpha value is -5.08. The van der Waals surface area contributed by atoms with Gasteiger partial charge in [-0.2, -0.15) is 0 Å². The molecule has 0 N–H and O–H groups in total. The summed E-state index contributed by atoms with van der Waals surface area (Å²) in [6.45, 7) is 28.3. The molecule has 0 saturated heterocycles. The van der Waals surface area contributed by atoms with Crippen molar-refractivity contribution < 1.29 is 0 Å². The maximum Gasteiger partial charge on any atom is 0.0465 e. The Morgan fingerprint density at radius 1 is 0.368 bits per heavy atom. The molecule has 0 fully saturated rings. The predicted octanol–water partition coefficient (Wildman–Crippen LogP) is 24.0. The van der Waals surface area contributed by atoms with E-state index in [0.29, 0.717) is 23.7 Å². The zero-order valence-electron chi connectivity index (χ0n) is 50.0. The minimum Gasteiger partial charge on any atom is -0.310 e. The first-order valence-corrected chi connectivity index (χ1v) is 31.2. The van der Waals surface area contributed by atoms with Gasteiger partial charge in [0.25, 0.3) is 0 Å². The fraction of sp³-hybridized carbons (Fsp3) is 0.514. The molecule has 6 aromatic rings. The number of hydrogen-bond donors (Lipinski definition) is 0. The highest BCUT2D eigenvalue weighted by molar-refractivity contribution is 5.88. The van der Waals surface area contributed by atoms with Crippen molar-refractivity contribution in [1.29, 1.82) is 0 Å². The lowest BCUT2D eigenvalue weighted by Crippen LogP contribution is -2.30. The van der Waals surface area contributed by atoms with E-state index in [4.69, 9.17) is 0 Å². The minimum atomic E-state index is -0.118. The number of hydrogen-bond acceptors (Lipinski definition) is 2. The Bertz CT molecular complexity index is 2580. The van der Waals surface area contributed by atoms with E-state index in [0.717, 1.165) is 38.5 Å². The summed E-state index contributed by atoms with van der Waals surface area (Å²) in [5.41, 5.74) is 19.0. The van der Waals surface area contributed by atoms with Gasteiger partial charge in [0, 0.05) is 39.5 Å². The van der Waals surface area contributed by atoms with Gasteiger partial charge < -0.3 is 9.80 Å². The lowest BCUT2D eigenvalue weighted by atomic mass is 9.68. The van der Waals surface area contributed by atoms with Gasteiger partial charge in [0.05, 0.1) is 0 Å². The molecular weight excluding hydrogens is 917 g/mol. The topological polar surface area (TPSA) is 6.48 Å². The Morgan fingerprint density at radius 2 is 0.684 bits per heavy atom. The van der Waals surface area contributed by atoms with Gasteiger partial charge in [-0.05, 0) is 185 Å². The van der Waals surface area contributed by atoms with Gasteiger partial charge in [-0.1, -0.05) is 234 Å². The third-order valence-electron chi connectivity index (χ3n) is 19.2. The van der Waals surface area contributed by atoms with Gasteiger partial charge in [0.1, 0.15) is 0 Å². The largest absolute Gasteiger partial charge is 0.310 e. The van der Waals surface area contributed by atoms with Crippen LogP contribution in [0.15, 0.2) is 133 Å². The Balaban J connectivity index is 1.42. The quantitative estimate of drug-likeness (QED) is 0.0401. The van der Waals surface area contributed by atoms with E-state index in [1.54, 1.807) is 0 Å². The van der Waals surface area contributed by atoms with Crippen LogP contribution in [-0.4, -0.2) is 0 Å². The molecule has 76 heavy (non-hydrogen) atoms. The highest BCUT2D eigenvalue weighted by Crippen LogP contribution is 2.57. The summed E-state index contributed by atoms with van der Waals surface area (Å²) in [4.78, 5) is 5.13. The van der Waals surface area contributed by atoms with E-state index in [1.807, 2.05) is 0 Å². The minimum absolute atomic E-state index is 0.118. The molecule has 4 unspecified atom stereocenters. The summed E-state index contributed by atoms with van der Waals surface area (Å²) in [6, 6.07) is 53.6. The zero-order chi connectivity index (χ0) is 54.2. The number of unbranched alkanes of at least 4 members (excludes halogenated alkanes) is 10. The molecule has 6 aromatic carbocycles. The first kappa shape index (κ1) is 58.6. The van der Waals surface area contributed by atoms with Gasteiger partial charge in [-0.15, -0.1) is 0 Å². The summed E-state index contributed by atoms with van der Waals surface area (Å²) in [5, 5.41) is 0. The SMILES string of the molecule is CCCCCCCCC1(CCCCCCCC)c2cc(N(c3ccc(C(C)CC)cc3)c3ccc(C(C)CC)cc3)ccc2-c2ccc(N(c3ccc(C(C)CC)cc3)c3ccc(C(C)(CC)C(CC)CC)cc3)cc21. The Morgan fingerprint density at radius 3 is 1.00 bits per heavy atom. The van der Waals surface area contributed by atoms with E-state index in [1.165, 1.54) is 169 Å². The van der Waals surface area contributed by atoms with Crippen molar-refractivity contribution in [1.82, 2.24) is 0 Å². The fourth-order valence-corrected chi connectivity index (χ4v) is 13.2. The van der Waals surface area contributed by atoms with Gasteiger partial charge >= 0.3 is 0 Å². The van der Waals surface area contributed by atoms with Gasteiger partial charge in [-0.25, -0.2) is 0 Å². The van der Waals surface area contributed by atoms with Gasteiger partial charge in [-0.3, -0.25) is 0 Å². The van der Waals surface area contributed by atoms with Crippen molar-refractivity contribution in [2.45, 2.75) is 240 Å². The lowest BCUT2D eigenvalue weighted by Gasteiger charge is -2.37. The first-order chi connectivity index (χ1) is 36.9. The molecular formula is C74H102N2. The lowest BCUT2D eigenvalue weighted by molar-refractivity contribution is 0.265. The predicted molar refractivity (Wildman–Crippen MR) is 336 cm³/mol. The first-order valence-electron chi connectivity index (χ1n) is 31.2. The zero-order valence-corrected chi connectivity index (χ0v) is 50.0. The molecule has 408 valence electrons.